The van der Waals surface area contributed by atoms with E-state index in [1.54, 1.807) is 24.6 Å². The average molecular weight is 421 g/mol. The largest absolute Gasteiger partial charge is 0.364 e. The molecule has 2 aromatic heterocycles. The molecule has 2 heterocycles. The van der Waals surface area contributed by atoms with E-state index >= 15 is 0 Å². The van der Waals surface area contributed by atoms with Gasteiger partial charge < -0.3 is 14.7 Å². The lowest BCUT2D eigenvalue weighted by Crippen LogP contribution is -2.38. The first-order valence-corrected chi connectivity index (χ1v) is 7.15. The fourth-order valence-corrected chi connectivity index (χ4v) is 2.66. The molecule has 0 atom stereocenters. The summed E-state index contributed by atoms with van der Waals surface area (Å²) in [7, 11) is 3.72. The number of halogens is 1. The summed E-state index contributed by atoms with van der Waals surface area (Å²) in [6.07, 6.45) is 1.57. The Morgan fingerprint density at radius 1 is 1.48 bits per heavy atom. The smallest absolute Gasteiger partial charge is 0.194 e. The zero-order valence-corrected chi connectivity index (χ0v) is 15.7. The number of nitrogens with zero attached hydrogens (tertiary/aromatic N) is 4. The molecule has 116 valence electrons. The number of rotatable bonds is 4. The van der Waals surface area contributed by atoms with Gasteiger partial charge in [0, 0.05) is 25.0 Å². The zero-order valence-electron chi connectivity index (χ0n) is 12.6. The molecule has 0 aliphatic rings. The van der Waals surface area contributed by atoms with Crippen LogP contribution in [0.25, 0.3) is 0 Å². The number of hydrogen-bond donors (Lipinski definition) is 1. The molecule has 1 N–H and O–H groups in total. The second-order valence-corrected chi connectivity index (χ2v) is 5.78. The molecule has 0 aromatic carbocycles. The Bertz CT molecular complexity index is 562. The molecule has 0 fully saturated rings. The molecule has 0 spiro atoms. The topological polar surface area (TPSA) is 66.6 Å². The van der Waals surface area contributed by atoms with Crippen molar-refractivity contribution in [3.05, 3.63) is 33.6 Å². The molecule has 0 unspecified atom stereocenters. The van der Waals surface area contributed by atoms with Gasteiger partial charge in [0.05, 0.1) is 18.8 Å². The van der Waals surface area contributed by atoms with Crippen LogP contribution in [0.5, 0.6) is 0 Å². The number of nitrogens with one attached hydrogen (secondary N) is 1. The van der Waals surface area contributed by atoms with Crippen molar-refractivity contribution in [1.82, 2.24) is 20.4 Å². The maximum atomic E-state index is 4.83. The molecule has 0 amide bonds. The summed E-state index contributed by atoms with van der Waals surface area (Å²) >= 11 is 1.71. The maximum Gasteiger partial charge on any atom is 0.194 e. The highest BCUT2D eigenvalue weighted by Crippen LogP contribution is 2.16. The number of aryl methyl sites for hydroxylation is 2. The van der Waals surface area contributed by atoms with E-state index in [2.05, 4.69) is 27.4 Å². The Morgan fingerprint density at radius 3 is 2.76 bits per heavy atom. The van der Waals surface area contributed by atoms with E-state index in [0.717, 1.165) is 22.4 Å². The average Bonchev–Trinajstić information content (AvgIpc) is 3.01. The molecule has 6 nitrogen and oxygen atoms in total. The van der Waals surface area contributed by atoms with Gasteiger partial charge in [-0.1, -0.05) is 5.16 Å². The molecule has 0 aliphatic heterocycles. The molecule has 0 saturated carbocycles. The Hall–Kier alpha value is -1.16. The van der Waals surface area contributed by atoms with Gasteiger partial charge in [0.25, 0.3) is 0 Å². The van der Waals surface area contributed by atoms with E-state index in [-0.39, 0.29) is 24.0 Å². The summed E-state index contributed by atoms with van der Waals surface area (Å²) in [5.74, 6) is 0.804. The van der Waals surface area contributed by atoms with Crippen molar-refractivity contribution in [1.29, 1.82) is 0 Å². The number of hydrogen-bond acceptors (Lipinski definition) is 5. The second-order valence-electron chi connectivity index (χ2n) is 4.50. The van der Waals surface area contributed by atoms with Gasteiger partial charge in [-0.25, -0.2) is 4.98 Å². The van der Waals surface area contributed by atoms with Crippen LogP contribution in [-0.2, 0) is 13.1 Å². The van der Waals surface area contributed by atoms with Gasteiger partial charge in [0.15, 0.2) is 5.96 Å². The highest BCUT2D eigenvalue weighted by atomic mass is 127. The number of aliphatic imine (C=N–C) groups is 1. The van der Waals surface area contributed by atoms with Crippen LogP contribution in [0.3, 0.4) is 0 Å². The number of guanidine groups is 1. The van der Waals surface area contributed by atoms with Gasteiger partial charge in [0.2, 0.25) is 0 Å². The van der Waals surface area contributed by atoms with Crippen molar-refractivity contribution >= 4 is 41.3 Å². The number of aromatic nitrogens is 2. The molecule has 2 rings (SSSR count). The van der Waals surface area contributed by atoms with Gasteiger partial charge >= 0.3 is 0 Å². The van der Waals surface area contributed by atoms with Gasteiger partial charge in [0.1, 0.15) is 17.0 Å². The summed E-state index contributed by atoms with van der Waals surface area (Å²) in [6.45, 7) is 5.43. The molecule has 21 heavy (non-hydrogen) atoms. The summed E-state index contributed by atoms with van der Waals surface area (Å²) < 4.78 is 4.83. The first kappa shape index (κ1) is 17.9. The predicted octanol–water partition coefficient (Wildman–Crippen LogP) is 2.57. The van der Waals surface area contributed by atoms with Crippen LogP contribution in [0, 0.1) is 13.8 Å². The SMILES string of the molecule is CN=C(NCc1nc(C)c(C)s1)N(C)Cc1ccon1.I. The third-order valence-corrected chi connectivity index (χ3v) is 4.01. The minimum Gasteiger partial charge on any atom is -0.364 e. The first-order chi connectivity index (χ1) is 9.60. The third kappa shape index (κ3) is 4.95. The van der Waals surface area contributed by atoms with E-state index in [0.29, 0.717) is 13.1 Å². The summed E-state index contributed by atoms with van der Waals surface area (Å²) in [5, 5.41) is 8.27. The highest BCUT2D eigenvalue weighted by molar-refractivity contribution is 14.0. The van der Waals surface area contributed by atoms with Crippen molar-refractivity contribution in [2.24, 2.45) is 4.99 Å². The minimum absolute atomic E-state index is 0. The Kier molecular flexibility index (Phi) is 7.09. The zero-order chi connectivity index (χ0) is 14.5. The Morgan fingerprint density at radius 2 is 2.24 bits per heavy atom. The molecule has 2 aromatic rings. The fourth-order valence-electron chi connectivity index (χ4n) is 1.79. The molecule has 8 heteroatoms. The van der Waals surface area contributed by atoms with Gasteiger partial charge in [-0.3, -0.25) is 4.99 Å². The third-order valence-electron chi connectivity index (χ3n) is 2.93. The molecule has 0 saturated heterocycles. The Balaban J connectivity index is 0.00000220. The van der Waals surface area contributed by atoms with E-state index in [4.69, 9.17) is 4.52 Å². The van der Waals surface area contributed by atoms with Crippen LogP contribution in [0.1, 0.15) is 21.3 Å². The maximum absolute atomic E-state index is 4.83. The molecular weight excluding hydrogens is 401 g/mol. The lowest BCUT2D eigenvalue weighted by atomic mass is 10.4. The van der Waals surface area contributed by atoms with Crippen LogP contribution in [0.2, 0.25) is 0 Å². The quantitative estimate of drug-likeness (QED) is 0.467. The van der Waals surface area contributed by atoms with E-state index in [1.807, 2.05) is 24.9 Å². The monoisotopic (exact) mass is 421 g/mol. The fraction of sp³-hybridized carbons (Fsp3) is 0.462. The molecule has 0 radical (unpaired) electrons. The van der Waals surface area contributed by atoms with Crippen LogP contribution < -0.4 is 5.32 Å². The van der Waals surface area contributed by atoms with Crippen LogP contribution in [0.15, 0.2) is 21.8 Å². The highest BCUT2D eigenvalue weighted by Gasteiger charge is 2.10. The lowest BCUT2D eigenvalue weighted by Gasteiger charge is -2.20. The van der Waals surface area contributed by atoms with Crippen molar-refractivity contribution < 1.29 is 4.52 Å². The first-order valence-electron chi connectivity index (χ1n) is 6.34. The normalized spacial score (nSPS) is 11.1. The molecule has 0 aliphatic carbocycles. The van der Waals surface area contributed by atoms with Gasteiger partial charge in [-0.15, -0.1) is 35.3 Å². The van der Waals surface area contributed by atoms with Gasteiger partial charge in [-0.2, -0.15) is 0 Å². The summed E-state index contributed by atoms with van der Waals surface area (Å²) in [6, 6.07) is 1.84. The van der Waals surface area contributed by atoms with Crippen LogP contribution >= 0.6 is 35.3 Å². The van der Waals surface area contributed by atoms with Crippen molar-refractivity contribution in [3.8, 4) is 0 Å². The van der Waals surface area contributed by atoms with Crippen molar-refractivity contribution in [3.63, 3.8) is 0 Å². The Labute approximate surface area is 145 Å². The van der Waals surface area contributed by atoms with Crippen LogP contribution in [0.4, 0.5) is 0 Å². The van der Waals surface area contributed by atoms with E-state index in [1.165, 1.54) is 4.88 Å². The van der Waals surface area contributed by atoms with E-state index in [9.17, 15) is 0 Å². The summed E-state index contributed by atoms with van der Waals surface area (Å²) in [5.41, 5.74) is 1.97. The van der Waals surface area contributed by atoms with Crippen LogP contribution in [-0.4, -0.2) is 35.1 Å². The minimum atomic E-state index is 0. The summed E-state index contributed by atoms with van der Waals surface area (Å²) in [4.78, 5) is 12.0. The van der Waals surface area contributed by atoms with E-state index < -0.39 is 0 Å². The van der Waals surface area contributed by atoms with Crippen molar-refractivity contribution in [2.45, 2.75) is 26.9 Å². The standard InChI is InChI=1S/C13H19N5OS.HI/c1-9-10(2)20-12(16-9)7-15-13(14-3)18(4)8-11-5-6-19-17-11;/h5-6H,7-8H2,1-4H3,(H,14,15);1H. The van der Waals surface area contributed by atoms with Crippen molar-refractivity contribution in [2.75, 3.05) is 14.1 Å². The van der Waals surface area contributed by atoms with Gasteiger partial charge in [-0.05, 0) is 13.8 Å². The predicted molar refractivity (Wildman–Crippen MR) is 95.2 cm³/mol. The molecular formula is C13H20IN5OS. The second kappa shape index (κ2) is 8.32. The lowest BCUT2D eigenvalue weighted by molar-refractivity contribution is 0.391. The molecule has 0 bridgehead atoms. The number of thiazole rings is 1.